The first kappa shape index (κ1) is 11.3. The van der Waals surface area contributed by atoms with E-state index in [1.54, 1.807) is 0 Å². The topological polar surface area (TPSA) is 77.2 Å². The minimum Gasteiger partial charge on any atom is -0.467 e. The van der Waals surface area contributed by atoms with Crippen molar-refractivity contribution < 1.29 is 4.74 Å². The Morgan fingerprint density at radius 2 is 2.25 bits per heavy atom. The SMILES string of the molecule is COc1nc(N)nc(N(C)C2CCSC2)n1. The number of aromatic nitrogens is 3. The molecule has 88 valence electrons. The molecule has 1 saturated heterocycles. The van der Waals surface area contributed by atoms with Crippen molar-refractivity contribution in [2.75, 3.05) is 36.3 Å². The van der Waals surface area contributed by atoms with Gasteiger partial charge >= 0.3 is 6.01 Å². The maximum Gasteiger partial charge on any atom is 0.322 e. The Hall–Kier alpha value is -1.24. The second-order valence-electron chi connectivity index (χ2n) is 3.61. The fraction of sp³-hybridized carbons (Fsp3) is 0.667. The van der Waals surface area contributed by atoms with E-state index in [0.29, 0.717) is 12.0 Å². The Morgan fingerprint density at radius 1 is 1.44 bits per heavy atom. The zero-order valence-electron chi connectivity index (χ0n) is 9.38. The number of methoxy groups -OCH3 is 1. The van der Waals surface area contributed by atoms with Crippen LogP contribution in [-0.4, -0.2) is 46.7 Å². The minimum atomic E-state index is 0.194. The molecule has 1 fully saturated rings. The Labute approximate surface area is 98.6 Å². The lowest BCUT2D eigenvalue weighted by molar-refractivity contribution is 0.378. The molecule has 1 aromatic rings. The maximum atomic E-state index is 5.60. The molecule has 1 aliphatic rings. The van der Waals surface area contributed by atoms with Crippen molar-refractivity contribution in [2.45, 2.75) is 12.5 Å². The van der Waals surface area contributed by atoms with Gasteiger partial charge in [0, 0.05) is 18.8 Å². The van der Waals surface area contributed by atoms with E-state index in [-0.39, 0.29) is 12.0 Å². The minimum absolute atomic E-state index is 0.194. The van der Waals surface area contributed by atoms with Gasteiger partial charge in [-0.3, -0.25) is 0 Å². The summed E-state index contributed by atoms with van der Waals surface area (Å²) in [4.78, 5) is 14.2. The van der Waals surface area contributed by atoms with E-state index < -0.39 is 0 Å². The second kappa shape index (κ2) is 4.73. The number of anilines is 2. The molecule has 1 unspecified atom stereocenters. The highest BCUT2D eigenvalue weighted by atomic mass is 32.2. The smallest absolute Gasteiger partial charge is 0.322 e. The predicted molar refractivity (Wildman–Crippen MR) is 64.9 cm³/mol. The summed E-state index contributed by atoms with van der Waals surface area (Å²) in [5.74, 6) is 3.06. The van der Waals surface area contributed by atoms with E-state index in [9.17, 15) is 0 Å². The molecule has 2 N–H and O–H groups in total. The lowest BCUT2D eigenvalue weighted by atomic mass is 10.2. The first-order chi connectivity index (χ1) is 7.70. The standard InChI is InChI=1S/C9H15N5OS/c1-14(6-3-4-16-5-6)8-11-7(10)12-9(13-8)15-2/h6H,3-5H2,1-2H3,(H2,10,11,12,13). The third kappa shape index (κ3) is 2.29. The van der Waals surface area contributed by atoms with E-state index in [1.807, 2.05) is 23.7 Å². The zero-order valence-corrected chi connectivity index (χ0v) is 10.2. The number of hydrogen-bond acceptors (Lipinski definition) is 7. The van der Waals surface area contributed by atoms with Crippen LogP contribution >= 0.6 is 11.8 Å². The van der Waals surface area contributed by atoms with Crippen LogP contribution in [0.25, 0.3) is 0 Å². The van der Waals surface area contributed by atoms with Crippen molar-refractivity contribution >= 4 is 23.7 Å². The molecule has 0 bridgehead atoms. The highest BCUT2D eigenvalue weighted by molar-refractivity contribution is 7.99. The summed E-state index contributed by atoms with van der Waals surface area (Å²) in [6, 6.07) is 0.733. The maximum absolute atomic E-state index is 5.60. The first-order valence-corrected chi connectivity index (χ1v) is 6.22. The van der Waals surface area contributed by atoms with E-state index in [4.69, 9.17) is 10.5 Å². The summed E-state index contributed by atoms with van der Waals surface area (Å²) in [6.45, 7) is 0. The van der Waals surface area contributed by atoms with Gasteiger partial charge in [-0.15, -0.1) is 0 Å². The lowest BCUT2D eigenvalue weighted by Crippen LogP contribution is -2.33. The molecule has 0 amide bonds. The van der Waals surface area contributed by atoms with Gasteiger partial charge in [-0.1, -0.05) is 0 Å². The zero-order chi connectivity index (χ0) is 11.5. The van der Waals surface area contributed by atoms with E-state index in [0.717, 1.165) is 12.2 Å². The summed E-state index contributed by atoms with van der Waals surface area (Å²) in [5, 5.41) is 0. The number of hydrogen-bond donors (Lipinski definition) is 1. The molecule has 0 aromatic carbocycles. The Morgan fingerprint density at radius 3 is 2.88 bits per heavy atom. The monoisotopic (exact) mass is 241 g/mol. The molecule has 6 nitrogen and oxygen atoms in total. The fourth-order valence-corrected chi connectivity index (χ4v) is 2.87. The normalized spacial score (nSPS) is 19.8. The van der Waals surface area contributed by atoms with Crippen LogP contribution in [0, 0.1) is 0 Å². The number of rotatable bonds is 3. The molecule has 0 saturated carbocycles. The van der Waals surface area contributed by atoms with Crippen LogP contribution in [0.2, 0.25) is 0 Å². The van der Waals surface area contributed by atoms with Crippen LogP contribution in [0.4, 0.5) is 11.9 Å². The van der Waals surface area contributed by atoms with Crippen LogP contribution in [-0.2, 0) is 0 Å². The number of nitrogens with zero attached hydrogens (tertiary/aromatic N) is 4. The van der Waals surface area contributed by atoms with Gasteiger partial charge in [-0.05, 0) is 12.2 Å². The summed E-state index contributed by atoms with van der Waals surface area (Å²) < 4.78 is 4.97. The van der Waals surface area contributed by atoms with Crippen LogP contribution in [0.1, 0.15) is 6.42 Å². The Balaban J connectivity index is 2.21. The van der Waals surface area contributed by atoms with Gasteiger partial charge < -0.3 is 15.4 Å². The number of nitrogen functional groups attached to an aromatic ring is 1. The molecule has 2 rings (SSSR count). The molecule has 2 heterocycles. The molecule has 0 spiro atoms. The molecule has 1 aliphatic heterocycles. The van der Waals surface area contributed by atoms with Crippen molar-refractivity contribution in [2.24, 2.45) is 0 Å². The summed E-state index contributed by atoms with van der Waals surface area (Å²) in [7, 11) is 3.49. The average Bonchev–Trinajstić information content (AvgIpc) is 2.80. The molecular weight excluding hydrogens is 226 g/mol. The highest BCUT2D eigenvalue weighted by Crippen LogP contribution is 2.24. The quantitative estimate of drug-likeness (QED) is 0.821. The van der Waals surface area contributed by atoms with Gasteiger partial charge in [-0.2, -0.15) is 26.7 Å². The van der Waals surface area contributed by atoms with Crippen molar-refractivity contribution in [3.05, 3.63) is 0 Å². The molecule has 16 heavy (non-hydrogen) atoms. The molecular formula is C9H15N5OS. The van der Waals surface area contributed by atoms with Crippen molar-refractivity contribution in [3.63, 3.8) is 0 Å². The highest BCUT2D eigenvalue weighted by Gasteiger charge is 2.22. The third-order valence-corrected chi connectivity index (χ3v) is 3.72. The summed E-state index contributed by atoms with van der Waals surface area (Å²) in [6.07, 6.45) is 1.15. The van der Waals surface area contributed by atoms with Gasteiger partial charge in [0.05, 0.1) is 7.11 Å². The van der Waals surface area contributed by atoms with E-state index in [2.05, 4.69) is 15.0 Å². The largest absolute Gasteiger partial charge is 0.467 e. The van der Waals surface area contributed by atoms with Gasteiger partial charge in [0.1, 0.15) is 0 Å². The van der Waals surface area contributed by atoms with Gasteiger partial charge in [-0.25, -0.2) is 0 Å². The van der Waals surface area contributed by atoms with Crippen LogP contribution < -0.4 is 15.4 Å². The van der Waals surface area contributed by atoms with E-state index in [1.165, 1.54) is 12.9 Å². The summed E-state index contributed by atoms with van der Waals surface area (Å²) in [5.41, 5.74) is 5.60. The predicted octanol–water partition coefficient (Wildman–Crippen LogP) is 0.404. The molecule has 7 heteroatoms. The Kier molecular flexibility index (Phi) is 3.33. The van der Waals surface area contributed by atoms with Crippen LogP contribution in [0.3, 0.4) is 0 Å². The van der Waals surface area contributed by atoms with Crippen molar-refractivity contribution in [3.8, 4) is 6.01 Å². The van der Waals surface area contributed by atoms with Crippen LogP contribution in [0.15, 0.2) is 0 Å². The number of ether oxygens (including phenoxy) is 1. The fourth-order valence-electron chi connectivity index (χ4n) is 1.60. The molecule has 1 aromatic heterocycles. The molecule has 0 aliphatic carbocycles. The van der Waals surface area contributed by atoms with Crippen LogP contribution in [0.5, 0.6) is 6.01 Å². The van der Waals surface area contributed by atoms with Crippen molar-refractivity contribution in [1.82, 2.24) is 15.0 Å². The van der Waals surface area contributed by atoms with Gasteiger partial charge in [0.25, 0.3) is 0 Å². The lowest BCUT2D eigenvalue weighted by Gasteiger charge is -2.23. The number of nitrogens with two attached hydrogens (primary N) is 1. The average molecular weight is 241 g/mol. The van der Waals surface area contributed by atoms with Crippen molar-refractivity contribution in [1.29, 1.82) is 0 Å². The van der Waals surface area contributed by atoms with Gasteiger partial charge in [0.2, 0.25) is 11.9 Å². The number of thioether (sulfide) groups is 1. The molecule has 1 atom stereocenters. The second-order valence-corrected chi connectivity index (χ2v) is 4.76. The molecule has 0 radical (unpaired) electrons. The van der Waals surface area contributed by atoms with E-state index >= 15 is 0 Å². The van der Waals surface area contributed by atoms with Gasteiger partial charge in [0.15, 0.2) is 0 Å². The third-order valence-electron chi connectivity index (χ3n) is 2.57. The first-order valence-electron chi connectivity index (χ1n) is 5.07. The summed E-state index contributed by atoms with van der Waals surface area (Å²) >= 11 is 1.94. The Bertz CT molecular complexity index is 369.